The van der Waals surface area contributed by atoms with Gasteiger partial charge in [0.1, 0.15) is 11.5 Å². The molecule has 0 saturated heterocycles. The number of hydrogen-bond acceptors (Lipinski definition) is 5. The van der Waals surface area contributed by atoms with Crippen molar-refractivity contribution in [1.29, 1.82) is 0 Å². The maximum absolute atomic E-state index is 12.9. The number of para-hydroxylation sites is 1. The largest absolute Gasteiger partial charge is 0.495 e. The van der Waals surface area contributed by atoms with Crippen LogP contribution in [-0.2, 0) is 10.0 Å². The van der Waals surface area contributed by atoms with E-state index in [1.165, 1.54) is 32.4 Å². The normalized spacial score (nSPS) is 11.0. The lowest BCUT2D eigenvalue weighted by Gasteiger charge is -2.14. The molecule has 0 unspecified atom stereocenters. The minimum atomic E-state index is -3.89. The van der Waals surface area contributed by atoms with E-state index in [1.807, 2.05) is 0 Å². The molecule has 0 aromatic heterocycles. The summed E-state index contributed by atoms with van der Waals surface area (Å²) in [6, 6.07) is 16.0. The van der Waals surface area contributed by atoms with Crippen molar-refractivity contribution in [3.05, 3.63) is 76.8 Å². The monoisotopic (exact) mass is 460 g/mol. The molecule has 0 saturated carbocycles. The predicted octanol–water partition coefficient (Wildman–Crippen LogP) is 4.72. The van der Waals surface area contributed by atoms with Crippen LogP contribution in [0.2, 0.25) is 5.02 Å². The molecule has 7 nitrogen and oxygen atoms in total. The van der Waals surface area contributed by atoms with Gasteiger partial charge in [-0.15, -0.1) is 0 Å². The van der Waals surface area contributed by atoms with E-state index in [2.05, 4.69) is 10.0 Å². The minimum Gasteiger partial charge on any atom is -0.495 e. The lowest BCUT2D eigenvalue weighted by atomic mass is 10.1. The van der Waals surface area contributed by atoms with Crippen LogP contribution in [0.3, 0.4) is 0 Å². The fourth-order valence-corrected chi connectivity index (χ4v) is 4.46. The fourth-order valence-electron chi connectivity index (χ4n) is 2.90. The summed E-state index contributed by atoms with van der Waals surface area (Å²) >= 11 is 6.10. The highest BCUT2D eigenvalue weighted by molar-refractivity contribution is 7.92. The molecular formula is C22H21ClN2O5S. The number of sulfonamides is 1. The molecule has 1 amide bonds. The topological polar surface area (TPSA) is 93.7 Å². The zero-order valence-corrected chi connectivity index (χ0v) is 18.7. The van der Waals surface area contributed by atoms with E-state index in [-0.39, 0.29) is 10.5 Å². The smallest absolute Gasteiger partial charge is 0.262 e. The van der Waals surface area contributed by atoms with Gasteiger partial charge in [0, 0.05) is 23.4 Å². The number of amides is 1. The molecule has 3 aromatic rings. The first kappa shape index (κ1) is 22.5. The highest BCUT2D eigenvalue weighted by Gasteiger charge is 2.20. The van der Waals surface area contributed by atoms with Crippen molar-refractivity contribution in [2.75, 3.05) is 24.3 Å². The molecule has 0 aliphatic carbocycles. The maximum Gasteiger partial charge on any atom is 0.262 e. The summed E-state index contributed by atoms with van der Waals surface area (Å²) < 4.78 is 38.7. The van der Waals surface area contributed by atoms with Crippen molar-refractivity contribution >= 4 is 38.9 Å². The second-order valence-corrected chi connectivity index (χ2v) is 8.65. The number of carbonyl (C=O) groups is 1. The number of carbonyl (C=O) groups excluding carboxylic acids is 1. The molecule has 0 atom stereocenters. The van der Waals surface area contributed by atoms with E-state index in [1.54, 1.807) is 49.4 Å². The molecule has 0 aliphatic rings. The molecule has 9 heteroatoms. The van der Waals surface area contributed by atoms with Crippen molar-refractivity contribution in [3.63, 3.8) is 0 Å². The van der Waals surface area contributed by atoms with Crippen LogP contribution in [0.1, 0.15) is 15.9 Å². The molecule has 3 aromatic carbocycles. The number of halogens is 1. The van der Waals surface area contributed by atoms with Gasteiger partial charge in [-0.1, -0.05) is 35.9 Å². The number of ether oxygens (including phenoxy) is 2. The van der Waals surface area contributed by atoms with Gasteiger partial charge < -0.3 is 14.8 Å². The molecule has 162 valence electrons. The Balaban J connectivity index is 1.92. The second kappa shape index (κ2) is 9.28. The second-order valence-electron chi connectivity index (χ2n) is 6.59. The van der Waals surface area contributed by atoms with Crippen LogP contribution >= 0.6 is 11.6 Å². The van der Waals surface area contributed by atoms with Crippen LogP contribution in [0.15, 0.2) is 65.6 Å². The van der Waals surface area contributed by atoms with E-state index in [9.17, 15) is 13.2 Å². The Morgan fingerprint density at radius 1 is 0.935 bits per heavy atom. The van der Waals surface area contributed by atoms with Crippen LogP contribution in [0.4, 0.5) is 11.4 Å². The Labute approximate surface area is 186 Å². The Morgan fingerprint density at radius 3 is 2.26 bits per heavy atom. The number of aryl methyl sites for hydroxylation is 1. The van der Waals surface area contributed by atoms with Crippen molar-refractivity contribution < 1.29 is 22.7 Å². The molecule has 0 heterocycles. The molecule has 0 aliphatic heterocycles. The fraction of sp³-hybridized carbons (Fsp3) is 0.136. The van der Waals surface area contributed by atoms with Gasteiger partial charge in [-0.2, -0.15) is 0 Å². The SMILES string of the molecule is COc1cc(NC(=O)c2ccc(C)c(S(=O)(=O)Nc3ccccc3)c2)c(OC)cc1Cl. The third kappa shape index (κ3) is 5.10. The highest BCUT2D eigenvalue weighted by Crippen LogP contribution is 2.36. The Hall–Kier alpha value is -3.23. The third-order valence-electron chi connectivity index (χ3n) is 4.49. The summed E-state index contributed by atoms with van der Waals surface area (Å²) in [6.45, 7) is 1.66. The average molecular weight is 461 g/mol. The molecule has 0 radical (unpaired) electrons. The predicted molar refractivity (Wildman–Crippen MR) is 121 cm³/mol. The van der Waals surface area contributed by atoms with Gasteiger partial charge in [-0.05, 0) is 36.8 Å². The van der Waals surface area contributed by atoms with Crippen molar-refractivity contribution in [2.45, 2.75) is 11.8 Å². The Bertz CT molecular complexity index is 1210. The van der Waals surface area contributed by atoms with Gasteiger partial charge in [0.25, 0.3) is 15.9 Å². The highest BCUT2D eigenvalue weighted by atomic mass is 35.5. The first-order valence-electron chi connectivity index (χ1n) is 9.16. The number of rotatable bonds is 7. The van der Waals surface area contributed by atoms with Crippen molar-refractivity contribution in [3.8, 4) is 11.5 Å². The van der Waals surface area contributed by atoms with Crippen LogP contribution in [-0.4, -0.2) is 28.5 Å². The molecule has 0 spiro atoms. The van der Waals surface area contributed by atoms with Gasteiger partial charge in [0.15, 0.2) is 0 Å². The quantitative estimate of drug-likeness (QED) is 0.532. The van der Waals surface area contributed by atoms with Crippen LogP contribution < -0.4 is 19.5 Å². The molecular weight excluding hydrogens is 440 g/mol. The van der Waals surface area contributed by atoms with Gasteiger partial charge in [-0.3, -0.25) is 9.52 Å². The van der Waals surface area contributed by atoms with Gasteiger partial charge in [0.2, 0.25) is 0 Å². The summed E-state index contributed by atoms with van der Waals surface area (Å²) in [4.78, 5) is 12.9. The van der Waals surface area contributed by atoms with Crippen LogP contribution in [0.5, 0.6) is 11.5 Å². The van der Waals surface area contributed by atoms with E-state index < -0.39 is 15.9 Å². The van der Waals surface area contributed by atoms with E-state index in [4.69, 9.17) is 21.1 Å². The first-order chi connectivity index (χ1) is 14.7. The maximum atomic E-state index is 12.9. The zero-order valence-electron chi connectivity index (χ0n) is 17.1. The van der Waals surface area contributed by atoms with Crippen molar-refractivity contribution in [1.82, 2.24) is 0 Å². The summed E-state index contributed by atoms with van der Waals surface area (Å²) in [5.41, 5.74) is 1.43. The molecule has 31 heavy (non-hydrogen) atoms. The zero-order chi connectivity index (χ0) is 22.6. The van der Waals surface area contributed by atoms with Crippen molar-refractivity contribution in [2.24, 2.45) is 0 Å². The summed E-state index contributed by atoms with van der Waals surface area (Å²) in [5.74, 6) is 0.181. The van der Waals surface area contributed by atoms with Gasteiger partial charge in [0.05, 0.1) is 29.8 Å². The van der Waals surface area contributed by atoms with Crippen LogP contribution in [0.25, 0.3) is 0 Å². The average Bonchev–Trinajstić information content (AvgIpc) is 2.75. The van der Waals surface area contributed by atoms with Crippen LogP contribution in [0, 0.1) is 6.92 Å². The number of hydrogen-bond donors (Lipinski definition) is 2. The summed E-state index contributed by atoms with van der Waals surface area (Å²) in [6.07, 6.45) is 0. The number of methoxy groups -OCH3 is 2. The molecule has 0 bridgehead atoms. The number of anilines is 2. The number of benzene rings is 3. The van der Waals surface area contributed by atoms with Gasteiger partial charge >= 0.3 is 0 Å². The van der Waals surface area contributed by atoms with E-state index in [0.717, 1.165) is 0 Å². The molecule has 3 rings (SSSR count). The third-order valence-corrected chi connectivity index (χ3v) is 6.31. The van der Waals surface area contributed by atoms with Gasteiger partial charge in [-0.25, -0.2) is 8.42 Å². The number of nitrogens with one attached hydrogen (secondary N) is 2. The molecule has 2 N–H and O–H groups in total. The Morgan fingerprint density at radius 2 is 1.61 bits per heavy atom. The lowest BCUT2D eigenvalue weighted by molar-refractivity contribution is 0.102. The summed E-state index contributed by atoms with van der Waals surface area (Å²) in [5, 5.41) is 3.04. The molecule has 0 fully saturated rings. The first-order valence-corrected chi connectivity index (χ1v) is 11.0. The lowest BCUT2D eigenvalue weighted by Crippen LogP contribution is -2.17. The standard InChI is InChI=1S/C22H21ClN2O5S/c1-14-9-10-15(11-21(14)31(27,28)25-16-7-5-4-6-8-16)22(26)24-18-13-19(29-2)17(23)12-20(18)30-3/h4-13,25H,1-3H3,(H,24,26). The van der Waals surface area contributed by atoms with E-state index in [0.29, 0.717) is 33.5 Å². The Kier molecular flexibility index (Phi) is 6.72. The minimum absolute atomic E-state index is 0.00431. The summed E-state index contributed by atoms with van der Waals surface area (Å²) in [7, 11) is -0.996. The van der Waals surface area contributed by atoms with E-state index >= 15 is 0 Å².